The van der Waals surface area contributed by atoms with Crippen molar-refractivity contribution in [2.24, 2.45) is 5.41 Å². The van der Waals surface area contributed by atoms with Gasteiger partial charge in [0.2, 0.25) is 5.91 Å². The lowest BCUT2D eigenvalue weighted by Gasteiger charge is -2.28. The Morgan fingerprint density at radius 1 is 1.25 bits per heavy atom. The number of carbonyl (C=O) groups is 1. The molecule has 1 saturated heterocycles. The quantitative estimate of drug-likeness (QED) is 0.499. The van der Waals surface area contributed by atoms with Crippen LogP contribution in [0.4, 0.5) is 0 Å². The van der Waals surface area contributed by atoms with Gasteiger partial charge in [-0.25, -0.2) is 0 Å². The number of aromatic nitrogens is 1. The molecule has 2 aromatic rings. The minimum absolute atomic E-state index is 0.281. The van der Waals surface area contributed by atoms with Gasteiger partial charge >= 0.3 is 0 Å². The highest BCUT2D eigenvalue weighted by Crippen LogP contribution is 2.38. The van der Waals surface area contributed by atoms with Crippen LogP contribution in [0, 0.1) is 5.41 Å². The summed E-state index contributed by atoms with van der Waals surface area (Å²) in [6.07, 6.45) is 9.93. The van der Waals surface area contributed by atoms with Crippen molar-refractivity contribution in [3.63, 3.8) is 0 Å². The number of amides is 1. The van der Waals surface area contributed by atoms with Gasteiger partial charge < -0.3 is 4.90 Å². The van der Waals surface area contributed by atoms with E-state index in [9.17, 15) is 4.79 Å². The summed E-state index contributed by atoms with van der Waals surface area (Å²) >= 11 is 6.61. The van der Waals surface area contributed by atoms with Crippen LogP contribution in [0.15, 0.2) is 42.7 Å². The van der Waals surface area contributed by atoms with E-state index in [1.807, 2.05) is 24.4 Å². The van der Waals surface area contributed by atoms with Gasteiger partial charge in [-0.15, -0.1) is 0 Å². The molecule has 0 radical (unpaired) electrons. The van der Waals surface area contributed by atoms with Gasteiger partial charge in [-0.05, 0) is 49.4 Å². The molecule has 1 aromatic carbocycles. The Labute approximate surface area is 174 Å². The normalized spacial score (nSPS) is 20.6. The van der Waals surface area contributed by atoms with Crippen LogP contribution in [-0.2, 0) is 11.2 Å². The second-order valence-electron chi connectivity index (χ2n) is 8.38. The fraction of sp³-hybridized carbons (Fsp3) is 0.500. The highest BCUT2D eigenvalue weighted by atomic mass is 35.5. The molecule has 0 bridgehead atoms. The maximum Gasteiger partial charge on any atom is 0.229 e. The lowest BCUT2D eigenvalue weighted by atomic mass is 9.82. The minimum Gasteiger partial charge on any atom is -0.339 e. The lowest BCUT2D eigenvalue weighted by Crippen LogP contribution is -2.39. The van der Waals surface area contributed by atoms with Crippen LogP contribution in [0.3, 0.4) is 0 Å². The van der Waals surface area contributed by atoms with E-state index in [-0.39, 0.29) is 11.3 Å². The molecule has 1 fully saturated rings. The number of hydrogen-bond donors (Lipinski definition) is 0. The highest BCUT2D eigenvalue weighted by Gasteiger charge is 2.44. The predicted octanol–water partition coefficient (Wildman–Crippen LogP) is 6.15. The predicted molar refractivity (Wildman–Crippen MR) is 116 cm³/mol. The molecule has 1 amide bonds. The van der Waals surface area contributed by atoms with Crippen LogP contribution in [0.25, 0.3) is 11.1 Å². The van der Waals surface area contributed by atoms with E-state index in [0.717, 1.165) is 41.1 Å². The van der Waals surface area contributed by atoms with Gasteiger partial charge in [0, 0.05) is 35.6 Å². The first kappa shape index (κ1) is 20.9. The number of halogens is 1. The van der Waals surface area contributed by atoms with Crippen molar-refractivity contribution in [3.05, 3.63) is 53.3 Å². The largest absolute Gasteiger partial charge is 0.339 e. The summed E-state index contributed by atoms with van der Waals surface area (Å²) in [6, 6.07) is 10.4. The van der Waals surface area contributed by atoms with Gasteiger partial charge in [-0.1, -0.05) is 62.9 Å². The van der Waals surface area contributed by atoms with Crippen molar-refractivity contribution in [1.29, 1.82) is 0 Å². The van der Waals surface area contributed by atoms with E-state index < -0.39 is 0 Å². The van der Waals surface area contributed by atoms with E-state index in [0.29, 0.717) is 12.5 Å². The number of unbranched alkanes of at least 4 members (excludes halogenated alkanes) is 2. The molecule has 0 spiro atoms. The molecule has 0 N–H and O–H groups in total. The summed E-state index contributed by atoms with van der Waals surface area (Å²) in [6.45, 7) is 7.36. The van der Waals surface area contributed by atoms with Crippen molar-refractivity contribution in [2.45, 2.75) is 65.3 Å². The van der Waals surface area contributed by atoms with Crippen LogP contribution in [0.2, 0.25) is 5.02 Å². The third-order valence-electron chi connectivity index (χ3n) is 6.07. The molecule has 0 saturated carbocycles. The molecule has 3 rings (SSSR count). The average molecular weight is 399 g/mol. The van der Waals surface area contributed by atoms with Crippen molar-refractivity contribution in [1.82, 2.24) is 9.88 Å². The smallest absolute Gasteiger partial charge is 0.229 e. The molecule has 2 unspecified atom stereocenters. The number of likely N-dealkylation sites (tertiary alicyclic amines) is 1. The van der Waals surface area contributed by atoms with E-state index in [2.05, 4.69) is 42.8 Å². The molecule has 1 aromatic heterocycles. The topological polar surface area (TPSA) is 33.2 Å². The first-order chi connectivity index (χ1) is 13.4. The number of carbonyl (C=O) groups excluding carboxylic acids is 1. The molecule has 3 nitrogen and oxygen atoms in total. The van der Waals surface area contributed by atoms with Crippen molar-refractivity contribution in [3.8, 4) is 11.1 Å². The highest BCUT2D eigenvalue weighted by molar-refractivity contribution is 6.31. The average Bonchev–Trinajstić information content (AvgIpc) is 2.99. The molecule has 0 aliphatic carbocycles. The molecule has 1 aliphatic heterocycles. The molecule has 28 heavy (non-hydrogen) atoms. The SMILES string of the molecule is CCCCCC(C)N1CCC(C)(Cc2ccc(-c3cccnc3)cc2Cl)C1=O. The van der Waals surface area contributed by atoms with Gasteiger partial charge in [0.15, 0.2) is 0 Å². The van der Waals surface area contributed by atoms with Gasteiger partial charge in [-0.3, -0.25) is 9.78 Å². The Kier molecular flexibility index (Phi) is 6.77. The summed E-state index contributed by atoms with van der Waals surface area (Å²) < 4.78 is 0. The minimum atomic E-state index is -0.363. The number of benzene rings is 1. The van der Waals surface area contributed by atoms with Crippen molar-refractivity contribution in [2.75, 3.05) is 6.54 Å². The van der Waals surface area contributed by atoms with E-state index in [4.69, 9.17) is 11.6 Å². The Balaban J connectivity index is 1.70. The summed E-state index contributed by atoms with van der Waals surface area (Å²) in [5.74, 6) is 0.281. The Bertz CT molecular complexity index is 808. The van der Waals surface area contributed by atoms with Gasteiger partial charge in [-0.2, -0.15) is 0 Å². The first-order valence-corrected chi connectivity index (χ1v) is 10.8. The summed E-state index contributed by atoms with van der Waals surface area (Å²) in [4.78, 5) is 19.4. The maximum absolute atomic E-state index is 13.2. The third-order valence-corrected chi connectivity index (χ3v) is 6.42. The fourth-order valence-electron chi connectivity index (χ4n) is 4.18. The number of hydrogen-bond acceptors (Lipinski definition) is 2. The number of rotatable bonds is 8. The number of pyridine rings is 1. The second kappa shape index (κ2) is 9.09. The van der Waals surface area contributed by atoms with Crippen LogP contribution in [0.5, 0.6) is 0 Å². The molecular weight excluding hydrogens is 368 g/mol. The standard InChI is InChI=1S/C24H31ClN2O/c1-4-5-6-8-18(2)27-14-12-24(3,23(27)28)16-20-11-10-19(15-22(20)25)21-9-7-13-26-17-21/h7,9-11,13,15,17-18H,4-6,8,12,14,16H2,1-3H3. The van der Waals surface area contributed by atoms with Crippen molar-refractivity contribution < 1.29 is 4.79 Å². The van der Waals surface area contributed by atoms with E-state index in [1.54, 1.807) is 6.20 Å². The van der Waals surface area contributed by atoms with Crippen molar-refractivity contribution >= 4 is 17.5 Å². The van der Waals surface area contributed by atoms with Crippen LogP contribution in [-0.4, -0.2) is 28.4 Å². The zero-order valence-electron chi connectivity index (χ0n) is 17.2. The molecule has 1 aliphatic rings. The van der Waals surface area contributed by atoms with Gasteiger partial charge in [0.05, 0.1) is 5.41 Å². The molecule has 4 heteroatoms. The monoisotopic (exact) mass is 398 g/mol. The molecule has 150 valence electrons. The second-order valence-corrected chi connectivity index (χ2v) is 8.79. The molecular formula is C24H31ClN2O. The zero-order chi connectivity index (χ0) is 20.1. The van der Waals surface area contributed by atoms with E-state index in [1.165, 1.54) is 19.3 Å². The Hall–Kier alpha value is -1.87. The van der Waals surface area contributed by atoms with Crippen LogP contribution < -0.4 is 0 Å². The van der Waals surface area contributed by atoms with E-state index >= 15 is 0 Å². The van der Waals surface area contributed by atoms with Crippen LogP contribution in [0.1, 0.15) is 58.4 Å². The first-order valence-electron chi connectivity index (χ1n) is 10.4. The van der Waals surface area contributed by atoms with Gasteiger partial charge in [0.25, 0.3) is 0 Å². The molecule has 2 heterocycles. The lowest BCUT2D eigenvalue weighted by molar-refractivity contribution is -0.137. The number of nitrogens with zero attached hydrogens (tertiary/aromatic N) is 2. The van der Waals surface area contributed by atoms with Crippen LogP contribution >= 0.6 is 11.6 Å². The molecule has 2 atom stereocenters. The Morgan fingerprint density at radius 2 is 2.07 bits per heavy atom. The summed E-state index contributed by atoms with van der Waals surface area (Å²) in [5, 5.41) is 0.727. The zero-order valence-corrected chi connectivity index (χ0v) is 18.0. The summed E-state index contributed by atoms with van der Waals surface area (Å²) in [5.41, 5.74) is 2.78. The summed E-state index contributed by atoms with van der Waals surface area (Å²) in [7, 11) is 0. The maximum atomic E-state index is 13.2. The third kappa shape index (κ3) is 4.57. The Morgan fingerprint density at radius 3 is 2.75 bits per heavy atom. The fourth-order valence-corrected chi connectivity index (χ4v) is 4.42. The van der Waals surface area contributed by atoms with Gasteiger partial charge in [0.1, 0.15) is 0 Å².